The van der Waals surface area contributed by atoms with Crippen LogP contribution in [0.2, 0.25) is 0 Å². The number of carbonyl (C=O) groups excluding carboxylic acids is 1. The van der Waals surface area contributed by atoms with Crippen molar-refractivity contribution in [2.24, 2.45) is 0 Å². The lowest BCUT2D eigenvalue weighted by Gasteiger charge is -2.16. The third kappa shape index (κ3) is 3.30. The molecule has 2 nitrogen and oxygen atoms in total. The number of rotatable bonds is 4. The zero-order valence-corrected chi connectivity index (χ0v) is 11.1. The Morgan fingerprint density at radius 1 is 1.50 bits per heavy atom. The van der Waals surface area contributed by atoms with Crippen LogP contribution in [0.25, 0.3) is 0 Å². The van der Waals surface area contributed by atoms with Crippen LogP contribution < -0.4 is 0 Å². The van der Waals surface area contributed by atoms with Gasteiger partial charge in [0, 0.05) is 18.9 Å². The molecular weight excluding hydrogens is 273 g/mol. The smallest absolute Gasteiger partial charge is 0.256 e. The monoisotopic (exact) mass is 287 g/mol. The molecule has 0 aliphatic carbocycles. The van der Waals surface area contributed by atoms with Crippen molar-refractivity contribution in [3.05, 3.63) is 35.1 Å². The van der Waals surface area contributed by atoms with Gasteiger partial charge in [0.05, 0.1) is 5.56 Å². The second-order valence-electron chi connectivity index (χ2n) is 3.75. The standard InChI is InChI=1S/C12H15BrFNO/c1-9-4-5-10(11(14)8-9)12(16)15(2)7-3-6-13/h4-5,8H,3,6-7H2,1-2H3. The fourth-order valence-corrected chi connectivity index (χ4v) is 1.65. The number of carbonyl (C=O) groups is 1. The molecule has 0 aliphatic heterocycles. The first-order valence-corrected chi connectivity index (χ1v) is 6.26. The average Bonchev–Trinajstić information content (AvgIpc) is 2.25. The molecule has 88 valence electrons. The number of hydrogen-bond acceptors (Lipinski definition) is 1. The lowest BCUT2D eigenvalue weighted by molar-refractivity contribution is 0.0791. The van der Waals surface area contributed by atoms with Crippen LogP contribution in [0.15, 0.2) is 18.2 Å². The van der Waals surface area contributed by atoms with Crippen molar-refractivity contribution in [3.8, 4) is 0 Å². The lowest BCUT2D eigenvalue weighted by Crippen LogP contribution is -2.28. The maximum absolute atomic E-state index is 13.5. The number of hydrogen-bond donors (Lipinski definition) is 0. The molecule has 0 fully saturated rings. The summed E-state index contributed by atoms with van der Waals surface area (Å²) in [4.78, 5) is 13.4. The summed E-state index contributed by atoms with van der Waals surface area (Å²) in [7, 11) is 1.68. The average molecular weight is 288 g/mol. The Hall–Kier alpha value is -0.900. The van der Waals surface area contributed by atoms with Gasteiger partial charge in [-0.25, -0.2) is 4.39 Å². The molecule has 0 saturated carbocycles. The van der Waals surface area contributed by atoms with Gasteiger partial charge in [0.25, 0.3) is 5.91 Å². The summed E-state index contributed by atoms with van der Waals surface area (Å²) in [5.74, 6) is -0.714. The number of halogens is 2. The quantitative estimate of drug-likeness (QED) is 0.780. The van der Waals surface area contributed by atoms with Gasteiger partial charge in [0.2, 0.25) is 0 Å². The predicted octanol–water partition coefficient (Wildman–Crippen LogP) is 2.99. The minimum Gasteiger partial charge on any atom is -0.342 e. The van der Waals surface area contributed by atoms with E-state index in [1.165, 1.54) is 17.0 Å². The van der Waals surface area contributed by atoms with Gasteiger partial charge in [0.1, 0.15) is 5.82 Å². The highest BCUT2D eigenvalue weighted by molar-refractivity contribution is 9.09. The van der Waals surface area contributed by atoms with Crippen LogP contribution in [-0.4, -0.2) is 29.7 Å². The van der Waals surface area contributed by atoms with Gasteiger partial charge in [-0.1, -0.05) is 22.0 Å². The first kappa shape index (κ1) is 13.2. The first-order valence-electron chi connectivity index (χ1n) is 5.14. The minimum absolute atomic E-state index is 0.141. The summed E-state index contributed by atoms with van der Waals surface area (Å²) in [5, 5.41) is 0.834. The van der Waals surface area contributed by atoms with Crippen LogP contribution >= 0.6 is 15.9 Å². The number of aryl methyl sites for hydroxylation is 1. The predicted molar refractivity (Wildman–Crippen MR) is 66.5 cm³/mol. The van der Waals surface area contributed by atoms with Gasteiger partial charge in [-0.3, -0.25) is 4.79 Å². The minimum atomic E-state index is -0.448. The Morgan fingerprint density at radius 2 is 2.19 bits per heavy atom. The van der Waals surface area contributed by atoms with Crippen molar-refractivity contribution >= 4 is 21.8 Å². The molecule has 4 heteroatoms. The molecule has 0 saturated heterocycles. The SMILES string of the molecule is Cc1ccc(C(=O)N(C)CCCBr)c(F)c1. The third-order valence-electron chi connectivity index (χ3n) is 2.33. The number of benzene rings is 1. The number of amides is 1. The summed E-state index contributed by atoms with van der Waals surface area (Å²) in [6.07, 6.45) is 0.857. The third-order valence-corrected chi connectivity index (χ3v) is 2.89. The molecule has 0 aliphatic rings. The largest absolute Gasteiger partial charge is 0.342 e. The van der Waals surface area contributed by atoms with Crippen LogP contribution in [0.4, 0.5) is 4.39 Å². The van der Waals surface area contributed by atoms with Gasteiger partial charge < -0.3 is 4.90 Å². The topological polar surface area (TPSA) is 20.3 Å². The summed E-state index contributed by atoms with van der Waals surface area (Å²) >= 11 is 3.30. The van der Waals surface area contributed by atoms with Crippen LogP contribution in [-0.2, 0) is 0 Å². The highest BCUT2D eigenvalue weighted by Crippen LogP contribution is 2.12. The highest BCUT2D eigenvalue weighted by atomic mass is 79.9. The van der Waals surface area contributed by atoms with Crippen molar-refractivity contribution in [2.75, 3.05) is 18.9 Å². The summed E-state index contributed by atoms with van der Waals surface area (Å²) < 4.78 is 13.5. The number of nitrogens with zero attached hydrogens (tertiary/aromatic N) is 1. The van der Waals surface area contributed by atoms with E-state index in [1.807, 2.05) is 0 Å². The molecule has 1 aromatic carbocycles. The van der Waals surface area contributed by atoms with E-state index in [-0.39, 0.29) is 11.5 Å². The molecular formula is C12H15BrFNO. The zero-order chi connectivity index (χ0) is 12.1. The van der Waals surface area contributed by atoms with Crippen molar-refractivity contribution in [1.82, 2.24) is 4.90 Å². The Morgan fingerprint density at radius 3 is 2.75 bits per heavy atom. The van der Waals surface area contributed by atoms with E-state index in [9.17, 15) is 9.18 Å². The van der Waals surface area contributed by atoms with E-state index in [1.54, 1.807) is 20.0 Å². The fraction of sp³-hybridized carbons (Fsp3) is 0.417. The fourth-order valence-electron chi connectivity index (χ4n) is 1.40. The molecule has 0 atom stereocenters. The van der Waals surface area contributed by atoms with E-state index < -0.39 is 5.82 Å². The molecule has 1 rings (SSSR count). The van der Waals surface area contributed by atoms with Crippen LogP contribution in [0, 0.1) is 12.7 Å². The maximum atomic E-state index is 13.5. The van der Waals surface area contributed by atoms with Crippen LogP contribution in [0.3, 0.4) is 0 Å². The molecule has 0 radical (unpaired) electrons. The first-order chi connectivity index (χ1) is 7.56. The van der Waals surface area contributed by atoms with Gasteiger partial charge in [-0.05, 0) is 31.0 Å². The highest BCUT2D eigenvalue weighted by Gasteiger charge is 2.15. The van der Waals surface area contributed by atoms with E-state index >= 15 is 0 Å². The molecule has 0 N–H and O–H groups in total. The second-order valence-corrected chi connectivity index (χ2v) is 4.55. The van der Waals surface area contributed by atoms with E-state index in [2.05, 4.69) is 15.9 Å². The van der Waals surface area contributed by atoms with Crippen molar-refractivity contribution in [2.45, 2.75) is 13.3 Å². The Labute approximate surface area is 104 Å². The second kappa shape index (κ2) is 5.99. The molecule has 0 spiro atoms. The molecule has 0 heterocycles. The van der Waals surface area contributed by atoms with Gasteiger partial charge in [-0.2, -0.15) is 0 Å². The van der Waals surface area contributed by atoms with Crippen LogP contribution in [0.5, 0.6) is 0 Å². The van der Waals surface area contributed by atoms with Crippen molar-refractivity contribution in [3.63, 3.8) is 0 Å². The Bertz CT molecular complexity index is 381. The summed E-state index contributed by atoms with van der Waals surface area (Å²) in [5.41, 5.74) is 0.958. The molecule has 16 heavy (non-hydrogen) atoms. The zero-order valence-electron chi connectivity index (χ0n) is 9.46. The maximum Gasteiger partial charge on any atom is 0.256 e. The molecule has 0 aromatic heterocycles. The van der Waals surface area contributed by atoms with Gasteiger partial charge in [0.15, 0.2) is 0 Å². The van der Waals surface area contributed by atoms with Crippen molar-refractivity contribution in [1.29, 1.82) is 0 Å². The Balaban J connectivity index is 2.79. The molecule has 1 amide bonds. The van der Waals surface area contributed by atoms with E-state index in [4.69, 9.17) is 0 Å². The lowest BCUT2D eigenvalue weighted by atomic mass is 10.1. The Kier molecular flexibility index (Phi) is 4.93. The van der Waals surface area contributed by atoms with Crippen molar-refractivity contribution < 1.29 is 9.18 Å². The van der Waals surface area contributed by atoms with E-state index in [0.29, 0.717) is 6.54 Å². The van der Waals surface area contributed by atoms with E-state index in [0.717, 1.165) is 17.3 Å². The summed E-state index contributed by atoms with van der Waals surface area (Å²) in [6, 6.07) is 4.66. The molecule has 0 bridgehead atoms. The van der Waals surface area contributed by atoms with Gasteiger partial charge >= 0.3 is 0 Å². The number of alkyl halides is 1. The van der Waals surface area contributed by atoms with Crippen LogP contribution in [0.1, 0.15) is 22.3 Å². The molecule has 0 unspecified atom stereocenters. The van der Waals surface area contributed by atoms with Gasteiger partial charge in [-0.15, -0.1) is 0 Å². The normalized spacial score (nSPS) is 10.2. The molecule has 1 aromatic rings. The summed E-state index contributed by atoms with van der Waals surface area (Å²) in [6.45, 7) is 2.42.